The average molecular weight is 256 g/mol. The number of carboxylic acid groups (broad SMARTS) is 2. The minimum Gasteiger partial charge on any atom is -0.478 e. The summed E-state index contributed by atoms with van der Waals surface area (Å²) in [5.41, 5.74) is -0.236. The van der Waals surface area contributed by atoms with E-state index in [1.807, 2.05) is 0 Å². The molecular formula is C12H16O6. The molecule has 0 radical (unpaired) electrons. The first-order chi connectivity index (χ1) is 8.17. The maximum absolute atomic E-state index is 10.3. The molecule has 1 aromatic carbocycles. The van der Waals surface area contributed by atoms with Crippen molar-refractivity contribution in [1.29, 1.82) is 0 Å². The zero-order valence-corrected chi connectivity index (χ0v) is 10.4. The summed E-state index contributed by atoms with van der Waals surface area (Å²) in [7, 11) is 0. The van der Waals surface area contributed by atoms with Gasteiger partial charge in [0.15, 0.2) is 0 Å². The Labute approximate surface area is 104 Å². The molecule has 0 heterocycles. The topological polar surface area (TPSA) is 104 Å². The SMILES string of the molecule is CC(C)(C)OO.O=C(O)c1ccc(C(=O)O)cc1. The summed E-state index contributed by atoms with van der Waals surface area (Å²) in [5.74, 6) is -2.13. The van der Waals surface area contributed by atoms with Crippen LogP contribution in [0.4, 0.5) is 0 Å². The fourth-order valence-corrected chi connectivity index (χ4v) is 0.755. The number of aromatic carboxylic acids is 2. The van der Waals surface area contributed by atoms with Crippen molar-refractivity contribution in [2.24, 2.45) is 0 Å². The average Bonchev–Trinajstić information content (AvgIpc) is 2.29. The van der Waals surface area contributed by atoms with Crippen LogP contribution >= 0.6 is 0 Å². The molecule has 0 aliphatic carbocycles. The number of hydrogen-bond acceptors (Lipinski definition) is 4. The Morgan fingerprint density at radius 1 is 0.944 bits per heavy atom. The fraction of sp³-hybridized carbons (Fsp3) is 0.333. The normalized spacial score (nSPS) is 10.2. The highest BCUT2D eigenvalue weighted by Crippen LogP contribution is 2.03. The standard InChI is InChI=1S/C8H6O4.C4H10O2/c9-7(10)5-1-2-6(4-3-5)8(11)12;1-4(2,3)6-5/h1-4H,(H,9,10)(H,11,12);5H,1-3H3. The molecule has 0 bridgehead atoms. The van der Waals surface area contributed by atoms with Gasteiger partial charge in [-0.15, -0.1) is 0 Å². The van der Waals surface area contributed by atoms with Gasteiger partial charge in [0.1, 0.15) is 0 Å². The van der Waals surface area contributed by atoms with Gasteiger partial charge in [0.25, 0.3) is 0 Å². The third-order valence-electron chi connectivity index (χ3n) is 1.65. The highest BCUT2D eigenvalue weighted by molar-refractivity contribution is 5.91. The van der Waals surface area contributed by atoms with Gasteiger partial charge in [-0.25, -0.2) is 14.5 Å². The molecule has 100 valence electrons. The zero-order valence-electron chi connectivity index (χ0n) is 10.4. The Morgan fingerprint density at radius 2 is 1.17 bits per heavy atom. The van der Waals surface area contributed by atoms with E-state index in [0.717, 1.165) is 0 Å². The van der Waals surface area contributed by atoms with Crippen LogP contribution in [0.15, 0.2) is 24.3 Å². The van der Waals surface area contributed by atoms with Gasteiger partial charge in [0.05, 0.1) is 16.7 Å². The summed E-state index contributed by atoms with van der Waals surface area (Å²) in [5, 5.41) is 24.8. The summed E-state index contributed by atoms with van der Waals surface area (Å²) in [4.78, 5) is 24.6. The van der Waals surface area contributed by atoms with Gasteiger partial charge >= 0.3 is 11.9 Å². The molecule has 0 fully saturated rings. The van der Waals surface area contributed by atoms with E-state index in [0.29, 0.717) is 0 Å². The van der Waals surface area contributed by atoms with Crippen LogP contribution in [-0.2, 0) is 4.89 Å². The first-order valence-corrected chi connectivity index (χ1v) is 5.06. The van der Waals surface area contributed by atoms with E-state index < -0.39 is 17.5 Å². The van der Waals surface area contributed by atoms with Crippen molar-refractivity contribution >= 4 is 11.9 Å². The van der Waals surface area contributed by atoms with E-state index in [2.05, 4.69) is 4.89 Å². The molecule has 0 aliphatic rings. The van der Waals surface area contributed by atoms with Crippen LogP contribution < -0.4 is 0 Å². The monoisotopic (exact) mass is 256 g/mol. The van der Waals surface area contributed by atoms with Crippen LogP contribution in [-0.4, -0.2) is 33.0 Å². The molecule has 6 heteroatoms. The van der Waals surface area contributed by atoms with Crippen LogP contribution in [0.3, 0.4) is 0 Å². The highest BCUT2D eigenvalue weighted by Gasteiger charge is 2.07. The van der Waals surface area contributed by atoms with Crippen molar-refractivity contribution in [3.63, 3.8) is 0 Å². The molecule has 1 rings (SSSR count). The molecule has 1 aromatic rings. The van der Waals surface area contributed by atoms with Gasteiger partial charge in [0, 0.05) is 0 Å². The number of rotatable bonds is 2. The molecule has 0 aliphatic heterocycles. The van der Waals surface area contributed by atoms with Gasteiger partial charge in [-0.3, -0.25) is 5.26 Å². The summed E-state index contributed by atoms with van der Waals surface area (Å²) in [6, 6.07) is 5.02. The Kier molecular flexibility index (Phi) is 6.01. The Hall–Kier alpha value is -1.92. The zero-order chi connectivity index (χ0) is 14.3. The van der Waals surface area contributed by atoms with E-state index in [1.54, 1.807) is 20.8 Å². The van der Waals surface area contributed by atoms with Crippen LogP contribution in [0, 0.1) is 0 Å². The lowest BCUT2D eigenvalue weighted by Gasteiger charge is -2.10. The van der Waals surface area contributed by atoms with Gasteiger partial charge < -0.3 is 10.2 Å². The predicted molar refractivity (Wildman–Crippen MR) is 63.8 cm³/mol. The smallest absolute Gasteiger partial charge is 0.335 e. The van der Waals surface area contributed by atoms with E-state index in [4.69, 9.17) is 15.5 Å². The molecule has 0 spiro atoms. The van der Waals surface area contributed by atoms with E-state index >= 15 is 0 Å². The molecule has 0 saturated heterocycles. The highest BCUT2D eigenvalue weighted by atomic mass is 17.1. The largest absolute Gasteiger partial charge is 0.478 e. The van der Waals surface area contributed by atoms with Crippen molar-refractivity contribution in [3.8, 4) is 0 Å². The summed E-state index contributed by atoms with van der Waals surface area (Å²) in [6.07, 6.45) is 0. The lowest BCUT2D eigenvalue weighted by molar-refractivity contribution is -0.306. The first kappa shape index (κ1) is 16.1. The van der Waals surface area contributed by atoms with Crippen molar-refractivity contribution in [1.82, 2.24) is 0 Å². The van der Waals surface area contributed by atoms with Gasteiger partial charge in [0.2, 0.25) is 0 Å². The number of hydrogen-bond donors (Lipinski definition) is 3. The van der Waals surface area contributed by atoms with E-state index in [1.165, 1.54) is 24.3 Å². The molecule has 0 amide bonds. The second-order valence-electron chi connectivity index (χ2n) is 4.39. The van der Waals surface area contributed by atoms with Crippen molar-refractivity contribution in [3.05, 3.63) is 35.4 Å². The van der Waals surface area contributed by atoms with Crippen molar-refractivity contribution < 1.29 is 29.9 Å². The van der Waals surface area contributed by atoms with Gasteiger partial charge in [-0.1, -0.05) is 0 Å². The number of carbonyl (C=O) groups is 2. The van der Waals surface area contributed by atoms with Gasteiger partial charge in [-0.05, 0) is 45.0 Å². The fourth-order valence-electron chi connectivity index (χ4n) is 0.755. The van der Waals surface area contributed by atoms with Crippen LogP contribution in [0.1, 0.15) is 41.5 Å². The minimum atomic E-state index is -1.06. The lowest BCUT2D eigenvalue weighted by atomic mass is 10.1. The first-order valence-electron chi connectivity index (χ1n) is 5.06. The van der Waals surface area contributed by atoms with Crippen LogP contribution in [0.2, 0.25) is 0 Å². The second-order valence-corrected chi connectivity index (χ2v) is 4.39. The molecule has 0 aromatic heterocycles. The van der Waals surface area contributed by atoms with Crippen LogP contribution in [0.5, 0.6) is 0 Å². The van der Waals surface area contributed by atoms with Crippen LogP contribution in [0.25, 0.3) is 0 Å². The molecule has 3 N–H and O–H groups in total. The third kappa shape index (κ3) is 6.62. The third-order valence-corrected chi connectivity index (χ3v) is 1.65. The number of benzene rings is 1. The van der Waals surface area contributed by atoms with Gasteiger partial charge in [-0.2, -0.15) is 0 Å². The van der Waals surface area contributed by atoms with E-state index in [9.17, 15) is 9.59 Å². The molecule has 18 heavy (non-hydrogen) atoms. The molecule has 0 atom stereocenters. The maximum Gasteiger partial charge on any atom is 0.335 e. The Balaban J connectivity index is 0.000000411. The number of carboxylic acids is 2. The molecule has 0 saturated carbocycles. The Bertz CT molecular complexity index is 369. The summed E-state index contributed by atoms with van der Waals surface area (Å²) in [6.45, 7) is 5.31. The summed E-state index contributed by atoms with van der Waals surface area (Å²) < 4.78 is 0. The van der Waals surface area contributed by atoms with Crippen molar-refractivity contribution in [2.75, 3.05) is 0 Å². The Morgan fingerprint density at radius 3 is 1.28 bits per heavy atom. The predicted octanol–water partition coefficient (Wildman–Crippen LogP) is 2.36. The molecule has 6 nitrogen and oxygen atoms in total. The molecule has 0 unspecified atom stereocenters. The van der Waals surface area contributed by atoms with Crippen molar-refractivity contribution in [2.45, 2.75) is 26.4 Å². The summed E-state index contributed by atoms with van der Waals surface area (Å²) >= 11 is 0. The minimum absolute atomic E-state index is 0.0833. The molecular weight excluding hydrogens is 240 g/mol. The second kappa shape index (κ2) is 6.73. The lowest BCUT2D eigenvalue weighted by Crippen LogP contribution is -2.15. The quantitative estimate of drug-likeness (QED) is 0.554. The van der Waals surface area contributed by atoms with E-state index in [-0.39, 0.29) is 11.1 Å². The maximum atomic E-state index is 10.3.